The number of hydrogen-bond acceptors (Lipinski definition) is 5. The second-order valence-corrected chi connectivity index (χ2v) is 5.30. The summed E-state index contributed by atoms with van der Waals surface area (Å²) >= 11 is 0. The van der Waals surface area contributed by atoms with Gasteiger partial charge in [-0.1, -0.05) is 0 Å². The molecule has 1 aliphatic heterocycles. The molecule has 20 heavy (non-hydrogen) atoms. The first-order chi connectivity index (χ1) is 9.52. The maximum atomic E-state index is 11.8. The molecule has 2 atom stereocenters. The molecule has 110 valence electrons. The average molecular weight is 278 g/mol. The Morgan fingerprint density at radius 2 is 2.20 bits per heavy atom. The minimum absolute atomic E-state index is 0.0536. The molecule has 2 heterocycles. The summed E-state index contributed by atoms with van der Waals surface area (Å²) in [5.41, 5.74) is 6.34. The molecular formula is C14H22N4O2. The van der Waals surface area contributed by atoms with Crippen molar-refractivity contribution in [3.63, 3.8) is 0 Å². The molecular weight excluding hydrogens is 256 g/mol. The number of amides is 1. The van der Waals surface area contributed by atoms with Gasteiger partial charge in [-0.2, -0.15) is 0 Å². The van der Waals surface area contributed by atoms with Gasteiger partial charge in [-0.05, 0) is 40.0 Å². The molecule has 6 heteroatoms. The highest BCUT2D eigenvalue weighted by Crippen LogP contribution is 2.22. The van der Waals surface area contributed by atoms with Crippen molar-refractivity contribution in [2.45, 2.75) is 58.7 Å². The van der Waals surface area contributed by atoms with Gasteiger partial charge in [0.05, 0.1) is 12.2 Å². The zero-order valence-corrected chi connectivity index (χ0v) is 12.3. The first-order valence-electron chi connectivity index (χ1n) is 7.05. The van der Waals surface area contributed by atoms with Crippen LogP contribution in [0, 0.1) is 13.8 Å². The molecule has 1 aliphatic rings. The van der Waals surface area contributed by atoms with Crippen LogP contribution in [0.5, 0.6) is 0 Å². The van der Waals surface area contributed by atoms with Crippen molar-refractivity contribution in [3.05, 3.63) is 17.6 Å². The molecule has 1 fully saturated rings. The van der Waals surface area contributed by atoms with Crippen LogP contribution in [0.2, 0.25) is 0 Å². The predicted molar refractivity (Wildman–Crippen MR) is 76.1 cm³/mol. The average Bonchev–Trinajstić information content (AvgIpc) is 2.79. The van der Waals surface area contributed by atoms with Crippen molar-refractivity contribution in [2.24, 2.45) is 0 Å². The predicted octanol–water partition coefficient (Wildman–Crippen LogP) is 1.88. The summed E-state index contributed by atoms with van der Waals surface area (Å²) in [6, 6.07) is 1.79. The van der Waals surface area contributed by atoms with E-state index in [-0.39, 0.29) is 12.0 Å². The third-order valence-corrected chi connectivity index (χ3v) is 3.31. The number of aromatic nitrogens is 2. The monoisotopic (exact) mass is 278 g/mol. The Labute approximate surface area is 119 Å². The first kappa shape index (κ1) is 14.7. The van der Waals surface area contributed by atoms with Crippen LogP contribution >= 0.6 is 0 Å². The number of anilines is 1. The lowest BCUT2D eigenvalue weighted by molar-refractivity contribution is -0.121. The number of hydrogen-bond donors (Lipinski definition) is 2. The molecule has 1 amide bonds. The molecule has 6 nitrogen and oxygen atoms in total. The normalized spacial score (nSPS) is 21.8. The Bertz CT molecular complexity index is 458. The van der Waals surface area contributed by atoms with Crippen molar-refractivity contribution in [1.82, 2.24) is 15.4 Å². The smallest absolute Gasteiger partial charge is 0.238 e. The maximum absolute atomic E-state index is 11.8. The van der Waals surface area contributed by atoms with Crippen LogP contribution in [0.15, 0.2) is 6.07 Å². The Hall–Kier alpha value is -1.69. The molecule has 2 rings (SSSR count). The fourth-order valence-corrected chi connectivity index (χ4v) is 2.37. The lowest BCUT2D eigenvalue weighted by atomic mass is 10.1. The molecule has 0 unspecified atom stereocenters. The van der Waals surface area contributed by atoms with Crippen molar-refractivity contribution in [1.29, 1.82) is 0 Å². The van der Waals surface area contributed by atoms with E-state index in [1.54, 1.807) is 6.07 Å². The molecule has 1 aromatic heterocycles. The topological polar surface area (TPSA) is 76.1 Å². The van der Waals surface area contributed by atoms with Crippen LogP contribution in [0.4, 0.5) is 5.82 Å². The Balaban J connectivity index is 1.72. The van der Waals surface area contributed by atoms with Gasteiger partial charge in [-0.25, -0.2) is 9.97 Å². The van der Waals surface area contributed by atoms with Gasteiger partial charge in [0, 0.05) is 18.2 Å². The van der Waals surface area contributed by atoms with E-state index in [4.69, 9.17) is 4.74 Å². The van der Waals surface area contributed by atoms with Gasteiger partial charge >= 0.3 is 0 Å². The summed E-state index contributed by atoms with van der Waals surface area (Å²) in [5, 5.41) is 0. The number of aryl methyl sites for hydroxylation is 2. The summed E-state index contributed by atoms with van der Waals surface area (Å²) in [7, 11) is 0. The van der Waals surface area contributed by atoms with Crippen molar-refractivity contribution < 1.29 is 9.53 Å². The van der Waals surface area contributed by atoms with Gasteiger partial charge in [0.2, 0.25) is 5.91 Å². The standard InChI is InChI=1S/C14H22N4O2/c1-9-8-13(16-11(3)15-9)17-18-14(19)7-6-12-5-4-10(2)20-12/h8,10,12H,4-7H2,1-3H3,(H,18,19)(H,15,16,17)/t10-,12+/m1/s1. The summed E-state index contributed by atoms with van der Waals surface area (Å²) in [4.78, 5) is 20.1. The molecule has 0 radical (unpaired) electrons. The molecule has 1 saturated heterocycles. The minimum atomic E-state index is -0.0536. The van der Waals surface area contributed by atoms with E-state index < -0.39 is 0 Å². The molecule has 0 aromatic carbocycles. The van der Waals surface area contributed by atoms with Crippen LogP contribution in [0.1, 0.15) is 44.1 Å². The largest absolute Gasteiger partial charge is 0.375 e. The lowest BCUT2D eigenvalue weighted by Gasteiger charge is -2.12. The van der Waals surface area contributed by atoms with Crippen LogP contribution in [-0.4, -0.2) is 28.1 Å². The number of carbonyl (C=O) groups is 1. The first-order valence-corrected chi connectivity index (χ1v) is 7.05. The molecule has 1 aromatic rings. The number of carbonyl (C=O) groups excluding carboxylic acids is 1. The van der Waals surface area contributed by atoms with Gasteiger partial charge in [0.15, 0.2) is 0 Å². The second-order valence-electron chi connectivity index (χ2n) is 5.30. The summed E-state index contributed by atoms with van der Waals surface area (Å²) in [5.74, 6) is 1.23. The quantitative estimate of drug-likeness (QED) is 0.804. The molecule has 0 bridgehead atoms. The number of nitrogens with zero attached hydrogens (tertiary/aromatic N) is 2. The zero-order valence-electron chi connectivity index (χ0n) is 12.3. The summed E-state index contributed by atoms with van der Waals surface area (Å²) < 4.78 is 5.68. The zero-order chi connectivity index (χ0) is 14.5. The van der Waals surface area contributed by atoms with Gasteiger partial charge in [-0.15, -0.1) is 0 Å². The van der Waals surface area contributed by atoms with Gasteiger partial charge in [0.1, 0.15) is 11.6 Å². The molecule has 0 spiro atoms. The highest BCUT2D eigenvalue weighted by atomic mass is 16.5. The highest BCUT2D eigenvalue weighted by molar-refractivity contribution is 5.77. The lowest BCUT2D eigenvalue weighted by Crippen LogP contribution is -2.30. The SMILES string of the molecule is Cc1cc(NNC(=O)CC[C@@H]2CC[C@@H](C)O2)nc(C)n1. The Morgan fingerprint density at radius 3 is 2.85 bits per heavy atom. The van der Waals surface area contributed by atoms with Gasteiger partial charge in [0.25, 0.3) is 0 Å². The summed E-state index contributed by atoms with van der Waals surface area (Å²) in [6.45, 7) is 5.78. The van der Waals surface area contributed by atoms with E-state index in [0.29, 0.717) is 24.2 Å². The summed E-state index contributed by atoms with van der Waals surface area (Å²) in [6.07, 6.45) is 3.90. The van der Waals surface area contributed by atoms with E-state index in [2.05, 4.69) is 27.7 Å². The number of ether oxygens (including phenoxy) is 1. The van der Waals surface area contributed by atoms with Gasteiger partial charge < -0.3 is 4.74 Å². The van der Waals surface area contributed by atoms with Crippen molar-refractivity contribution in [2.75, 3.05) is 5.43 Å². The number of nitrogens with one attached hydrogen (secondary N) is 2. The number of hydrazine groups is 1. The van der Waals surface area contributed by atoms with Crippen LogP contribution in [0.3, 0.4) is 0 Å². The van der Waals surface area contributed by atoms with E-state index in [1.807, 2.05) is 13.8 Å². The second kappa shape index (κ2) is 6.65. The fraction of sp³-hybridized carbons (Fsp3) is 0.643. The van der Waals surface area contributed by atoms with E-state index in [0.717, 1.165) is 25.0 Å². The van der Waals surface area contributed by atoms with Gasteiger partial charge in [-0.3, -0.25) is 15.6 Å². The molecule has 0 saturated carbocycles. The van der Waals surface area contributed by atoms with Crippen LogP contribution < -0.4 is 10.9 Å². The van der Waals surface area contributed by atoms with Crippen molar-refractivity contribution in [3.8, 4) is 0 Å². The molecule has 0 aliphatic carbocycles. The van der Waals surface area contributed by atoms with Crippen molar-refractivity contribution >= 4 is 11.7 Å². The van der Waals surface area contributed by atoms with E-state index >= 15 is 0 Å². The highest BCUT2D eigenvalue weighted by Gasteiger charge is 2.22. The van der Waals surface area contributed by atoms with Crippen LogP contribution in [0.25, 0.3) is 0 Å². The minimum Gasteiger partial charge on any atom is -0.375 e. The van der Waals surface area contributed by atoms with E-state index in [1.165, 1.54) is 0 Å². The third kappa shape index (κ3) is 4.45. The van der Waals surface area contributed by atoms with Crippen LogP contribution in [-0.2, 0) is 9.53 Å². The third-order valence-electron chi connectivity index (χ3n) is 3.31. The maximum Gasteiger partial charge on any atom is 0.238 e. The fourth-order valence-electron chi connectivity index (χ4n) is 2.37. The number of rotatable bonds is 5. The van der Waals surface area contributed by atoms with E-state index in [9.17, 15) is 4.79 Å². The Kier molecular flexibility index (Phi) is 4.89. The Morgan fingerprint density at radius 1 is 1.40 bits per heavy atom. The molecule has 2 N–H and O–H groups in total.